The predicted octanol–water partition coefficient (Wildman–Crippen LogP) is -0.220. The van der Waals surface area contributed by atoms with Crippen molar-refractivity contribution in [3.63, 3.8) is 0 Å². The van der Waals surface area contributed by atoms with E-state index in [1.54, 1.807) is 6.92 Å². The fourth-order valence-electron chi connectivity index (χ4n) is 3.69. The molecule has 3 rings (SSSR count). The van der Waals surface area contributed by atoms with Crippen LogP contribution in [0.5, 0.6) is 0 Å². The molecule has 1 aliphatic heterocycles. The van der Waals surface area contributed by atoms with Crippen molar-refractivity contribution in [3.8, 4) is 0 Å². The minimum atomic E-state index is -1.56. The lowest BCUT2D eigenvalue weighted by Crippen LogP contribution is -2.68. The molecule has 34 heavy (non-hydrogen) atoms. The van der Waals surface area contributed by atoms with Gasteiger partial charge in [0, 0.05) is 17.1 Å². The Labute approximate surface area is 202 Å². The molecule has 1 aromatic carbocycles. The Bertz CT molecular complexity index is 1120. The van der Waals surface area contributed by atoms with Crippen LogP contribution in [0.25, 0.3) is 0 Å². The SMILES string of the molecule is CC(=O)N[C@@H]1[C@@H](O)[C@H](O)[C@@H](CO)O[C@H]1NC(=O)c1cc(Br)c(C)n(Cc2ccc(F)cc2)c1=O. The number of hydrogen-bond donors (Lipinski definition) is 5. The zero-order valence-corrected chi connectivity index (χ0v) is 20.0. The number of carbonyl (C=O) groups excluding carboxylic acids is 2. The topological polar surface area (TPSA) is 150 Å². The number of benzene rings is 1. The number of carbonyl (C=O) groups is 2. The van der Waals surface area contributed by atoms with Gasteiger partial charge in [-0.1, -0.05) is 12.1 Å². The first-order valence-corrected chi connectivity index (χ1v) is 11.2. The minimum absolute atomic E-state index is 0.0800. The second-order valence-corrected chi connectivity index (χ2v) is 8.82. The Morgan fingerprint density at radius 3 is 2.41 bits per heavy atom. The van der Waals surface area contributed by atoms with Crippen molar-refractivity contribution in [3.05, 3.63) is 67.8 Å². The monoisotopic (exact) mass is 541 g/mol. The zero-order chi connectivity index (χ0) is 25.2. The van der Waals surface area contributed by atoms with E-state index in [0.717, 1.165) is 0 Å². The smallest absolute Gasteiger partial charge is 0.263 e. The zero-order valence-electron chi connectivity index (χ0n) is 18.4. The quantitative estimate of drug-likeness (QED) is 0.339. The van der Waals surface area contributed by atoms with Crippen molar-refractivity contribution in [1.29, 1.82) is 0 Å². The molecule has 0 unspecified atom stereocenters. The maximum Gasteiger partial charge on any atom is 0.263 e. The average molecular weight is 542 g/mol. The molecule has 0 aliphatic carbocycles. The second-order valence-electron chi connectivity index (χ2n) is 7.97. The van der Waals surface area contributed by atoms with Crippen LogP contribution >= 0.6 is 15.9 Å². The lowest BCUT2D eigenvalue weighted by molar-refractivity contribution is -0.199. The number of amides is 2. The van der Waals surface area contributed by atoms with E-state index < -0.39 is 60.4 Å². The molecule has 0 radical (unpaired) electrons. The van der Waals surface area contributed by atoms with Gasteiger partial charge in [-0.25, -0.2) is 4.39 Å². The fourth-order valence-corrected chi connectivity index (χ4v) is 4.13. The Balaban J connectivity index is 1.92. The van der Waals surface area contributed by atoms with Gasteiger partial charge < -0.3 is 35.3 Å². The van der Waals surface area contributed by atoms with Gasteiger partial charge in [-0.2, -0.15) is 0 Å². The number of nitrogens with one attached hydrogen (secondary N) is 2. The summed E-state index contributed by atoms with van der Waals surface area (Å²) >= 11 is 3.34. The van der Waals surface area contributed by atoms with Crippen LogP contribution in [0.15, 0.2) is 39.6 Å². The molecule has 184 valence electrons. The molecule has 0 saturated carbocycles. The first kappa shape index (κ1) is 26.0. The van der Waals surface area contributed by atoms with Gasteiger partial charge in [0.1, 0.15) is 35.7 Å². The molecule has 2 amide bonds. The van der Waals surface area contributed by atoms with Crippen molar-refractivity contribution in [2.75, 3.05) is 6.61 Å². The molecule has 2 aromatic rings. The molecule has 5 atom stereocenters. The first-order valence-electron chi connectivity index (χ1n) is 10.4. The van der Waals surface area contributed by atoms with E-state index in [4.69, 9.17) is 4.74 Å². The molecule has 10 nitrogen and oxygen atoms in total. The number of hydrogen-bond acceptors (Lipinski definition) is 7. The van der Waals surface area contributed by atoms with Crippen molar-refractivity contribution in [2.45, 2.75) is 51.0 Å². The van der Waals surface area contributed by atoms with Gasteiger partial charge in [-0.15, -0.1) is 0 Å². The second kappa shape index (κ2) is 10.7. The van der Waals surface area contributed by atoms with Crippen LogP contribution in [0, 0.1) is 12.7 Å². The molecular formula is C22H25BrFN3O7. The van der Waals surface area contributed by atoms with Gasteiger partial charge in [-0.05, 0) is 46.6 Å². The predicted molar refractivity (Wildman–Crippen MR) is 121 cm³/mol. The van der Waals surface area contributed by atoms with Crippen LogP contribution in [0.3, 0.4) is 0 Å². The van der Waals surface area contributed by atoms with E-state index in [0.29, 0.717) is 15.7 Å². The highest BCUT2D eigenvalue weighted by Gasteiger charge is 2.45. The summed E-state index contributed by atoms with van der Waals surface area (Å²) in [5.41, 5.74) is 0.287. The number of nitrogens with zero attached hydrogens (tertiary/aromatic N) is 1. The minimum Gasteiger partial charge on any atom is -0.394 e. The maximum atomic E-state index is 13.2. The van der Waals surface area contributed by atoms with Gasteiger partial charge in [0.15, 0.2) is 6.23 Å². The Kier molecular flexibility index (Phi) is 8.21. The summed E-state index contributed by atoms with van der Waals surface area (Å²) in [7, 11) is 0. The van der Waals surface area contributed by atoms with Crippen molar-refractivity contribution >= 4 is 27.7 Å². The number of halogens is 2. The lowest BCUT2D eigenvalue weighted by Gasteiger charge is -2.42. The lowest BCUT2D eigenvalue weighted by atomic mass is 9.95. The van der Waals surface area contributed by atoms with Crippen LogP contribution < -0.4 is 16.2 Å². The highest BCUT2D eigenvalue weighted by Crippen LogP contribution is 2.21. The number of ether oxygens (including phenoxy) is 1. The van der Waals surface area contributed by atoms with Crippen molar-refractivity contribution in [2.24, 2.45) is 0 Å². The van der Waals surface area contributed by atoms with E-state index in [2.05, 4.69) is 26.6 Å². The van der Waals surface area contributed by atoms with E-state index in [1.807, 2.05) is 0 Å². The van der Waals surface area contributed by atoms with Crippen LogP contribution in [0.2, 0.25) is 0 Å². The summed E-state index contributed by atoms with van der Waals surface area (Å²) in [6.07, 6.45) is -5.65. The normalized spacial score (nSPS) is 24.5. The summed E-state index contributed by atoms with van der Waals surface area (Å²) in [4.78, 5) is 37.8. The molecule has 0 bridgehead atoms. The molecule has 12 heteroatoms. The van der Waals surface area contributed by atoms with Gasteiger partial charge in [-0.3, -0.25) is 14.4 Å². The average Bonchev–Trinajstić information content (AvgIpc) is 2.79. The Hall–Kier alpha value is -2.64. The van der Waals surface area contributed by atoms with Gasteiger partial charge in [0.2, 0.25) is 5.91 Å². The van der Waals surface area contributed by atoms with Crippen molar-refractivity contribution in [1.82, 2.24) is 15.2 Å². The molecule has 1 aliphatic rings. The van der Waals surface area contributed by atoms with E-state index in [1.165, 1.54) is 41.8 Å². The number of pyridine rings is 1. The summed E-state index contributed by atoms with van der Waals surface area (Å²) < 4.78 is 20.5. The maximum absolute atomic E-state index is 13.2. The number of aromatic nitrogens is 1. The standard InChI is InChI=1S/C22H25BrFN3O7/c1-10-15(23)7-14(22(33)27(10)8-12-3-5-13(24)6-4-12)20(32)26-21-17(25-11(2)29)19(31)18(30)16(9-28)34-21/h3-7,16-19,21,28,30-31H,8-9H2,1-2H3,(H,25,29)(H,26,32)/t16-,17-,18-,19-,21-/m1/s1. The first-order chi connectivity index (χ1) is 16.0. The summed E-state index contributed by atoms with van der Waals surface area (Å²) in [5, 5.41) is 34.8. The largest absolute Gasteiger partial charge is 0.394 e. The van der Waals surface area contributed by atoms with E-state index in [9.17, 15) is 34.1 Å². The van der Waals surface area contributed by atoms with Gasteiger partial charge in [0.05, 0.1) is 13.2 Å². The van der Waals surface area contributed by atoms with Gasteiger partial charge >= 0.3 is 0 Å². The van der Waals surface area contributed by atoms with Gasteiger partial charge in [0.25, 0.3) is 11.5 Å². The number of aliphatic hydroxyl groups is 3. The van der Waals surface area contributed by atoms with E-state index in [-0.39, 0.29) is 12.1 Å². The number of aliphatic hydroxyl groups excluding tert-OH is 3. The third-order valence-electron chi connectivity index (χ3n) is 5.57. The third kappa shape index (κ3) is 5.53. The van der Waals surface area contributed by atoms with Crippen LogP contribution in [-0.2, 0) is 16.1 Å². The summed E-state index contributed by atoms with van der Waals surface area (Å²) in [5.74, 6) is -1.84. The van der Waals surface area contributed by atoms with Crippen molar-refractivity contribution < 1.29 is 34.0 Å². The molecular weight excluding hydrogens is 517 g/mol. The molecule has 1 aromatic heterocycles. The highest BCUT2D eigenvalue weighted by atomic mass is 79.9. The summed E-state index contributed by atoms with van der Waals surface area (Å²) in [6, 6.07) is 5.67. The van der Waals surface area contributed by atoms with Crippen LogP contribution in [-0.4, -0.2) is 68.9 Å². The Morgan fingerprint density at radius 2 is 1.82 bits per heavy atom. The molecule has 5 N–H and O–H groups in total. The summed E-state index contributed by atoms with van der Waals surface area (Å²) in [6.45, 7) is 2.28. The molecule has 1 fully saturated rings. The Morgan fingerprint density at radius 1 is 1.18 bits per heavy atom. The third-order valence-corrected chi connectivity index (χ3v) is 6.37. The fraction of sp³-hybridized carbons (Fsp3) is 0.409. The highest BCUT2D eigenvalue weighted by molar-refractivity contribution is 9.10. The van der Waals surface area contributed by atoms with Crippen LogP contribution in [0.1, 0.15) is 28.5 Å². The number of rotatable bonds is 6. The molecule has 2 heterocycles. The van der Waals surface area contributed by atoms with E-state index >= 15 is 0 Å². The molecule has 1 saturated heterocycles. The molecule has 0 spiro atoms. The van der Waals surface area contributed by atoms with Crippen LogP contribution in [0.4, 0.5) is 4.39 Å².